The lowest BCUT2D eigenvalue weighted by atomic mass is 10.0. The summed E-state index contributed by atoms with van der Waals surface area (Å²) in [6.45, 7) is 3.74. The maximum Gasteiger partial charge on any atom is 0.294 e. The van der Waals surface area contributed by atoms with E-state index >= 15 is 0 Å². The number of Topliss-reactive ketones (excluding diaryl/α,β-unsaturated/α-hetero) is 1. The van der Waals surface area contributed by atoms with E-state index in [0.29, 0.717) is 30.0 Å². The Morgan fingerprint density at radius 1 is 1.20 bits per heavy atom. The van der Waals surface area contributed by atoms with Gasteiger partial charge in [-0.25, -0.2) is 4.39 Å². The molecule has 2 heterocycles. The number of aliphatic hydroxyl groups excluding tert-OH is 1. The Kier molecular flexibility index (Phi) is 6.33. The number of benzene rings is 1. The molecule has 0 radical (unpaired) electrons. The lowest BCUT2D eigenvalue weighted by Gasteiger charge is -2.28. The summed E-state index contributed by atoms with van der Waals surface area (Å²) in [7, 11) is 1.60. The Labute approximate surface area is 173 Å². The van der Waals surface area contributed by atoms with E-state index < -0.39 is 35.6 Å². The average molecular weight is 417 g/mol. The molecule has 1 aromatic carbocycles. The molecule has 1 aromatic heterocycles. The fourth-order valence-electron chi connectivity index (χ4n) is 3.59. The van der Waals surface area contributed by atoms with Crippen molar-refractivity contribution >= 4 is 23.3 Å². The average Bonchev–Trinajstić information content (AvgIpc) is 2.93. The van der Waals surface area contributed by atoms with Crippen LogP contribution in [0.2, 0.25) is 0 Å². The lowest BCUT2D eigenvalue weighted by Crippen LogP contribution is -2.50. The van der Waals surface area contributed by atoms with Gasteiger partial charge in [-0.15, -0.1) is 0 Å². The van der Waals surface area contributed by atoms with Crippen LogP contribution in [0.25, 0.3) is 0 Å². The molecular formula is C21H24FN3O5. The minimum Gasteiger partial charge on any atom is -0.389 e. The molecule has 3 rings (SSSR count). The molecule has 8 nitrogen and oxygen atoms in total. The largest absolute Gasteiger partial charge is 0.389 e. The number of hydrogen-bond donors (Lipinski definition) is 3. The van der Waals surface area contributed by atoms with Crippen LogP contribution in [0.1, 0.15) is 38.5 Å². The first-order valence-corrected chi connectivity index (χ1v) is 9.54. The number of aliphatic hydroxyl groups is 1. The van der Waals surface area contributed by atoms with Gasteiger partial charge >= 0.3 is 0 Å². The second-order valence-electron chi connectivity index (χ2n) is 7.29. The standard InChI is InChI=1S/C21H24FN3O5/c1-11-17(20(28)23-14-6-4-13(22)5-7-14)12(2)25(3)18(11)19(27)21(29)24-15-8-9-30-10-16(15)26/h4-7,15-16,26H,8-10H2,1-3H3,(H,23,28)(H,24,29)/t15-,16-/m1/s1. The molecular weight excluding hydrogens is 393 g/mol. The summed E-state index contributed by atoms with van der Waals surface area (Å²) in [4.78, 5) is 38.1. The first-order valence-electron chi connectivity index (χ1n) is 9.54. The first kappa shape index (κ1) is 21.7. The van der Waals surface area contributed by atoms with Crippen molar-refractivity contribution in [1.82, 2.24) is 9.88 Å². The number of halogens is 1. The maximum atomic E-state index is 13.1. The van der Waals surface area contributed by atoms with Crippen LogP contribution >= 0.6 is 0 Å². The third-order valence-corrected chi connectivity index (χ3v) is 5.32. The van der Waals surface area contributed by atoms with Crippen LogP contribution in [-0.4, -0.2) is 52.6 Å². The molecule has 3 N–H and O–H groups in total. The summed E-state index contributed by atoms with van der Waals surface area (Å²) in [5.74, 6) is -2.53. The fourth-order valence-corrected chi connectivity index (χ4v) is 3.59. The molecule has 2 amide bonds. The van der Waals surface area contributed by atoms with Crippen LogP contribution in [0.3, 0.4) is 0 Å². The molecule has 0 bridgehead atoms. The second kappa shape index (κ2) is 8.76. The first-order chi connectivity index (χ1) is 14.2. The summed E-state index contributed by atoms with van der Waals surface area (Å²) in [5.41, 5.74) is 1.64. The Bertz CT molecular complexity index is 984. The van der Waals surface area contributed by atoms with Crippen molar-refractivity contribution in [3.8, 4) is 0 Å². The van der Waals surface area contributed by atoms with Crippen LogP contribution in [-0.2, 0) is 16.6 Å². The number of nitrogens with zero attached hydrogens (tertiary/aromatic N) is 1. The molecule has 160 valence electrons. The molecule has 0 aliphatic carbocycles. The maximum absolute atomic E-state index is 13.1. The van der Waals surface area contributed by atoms with Gasteiger partial charge in [0.2, 0.25) is 0 Å². The molecule has 2 aromatic rings. The number of anilines is 1. The van der Waals surface area contributed by atoms with Crippen LogP contribution in [0, 0.1) is 19.7 Å². The molecule has 0 unspecified atom stereocenters. The minimum atomic E-state index is -0.885. The highest BCUT2D eigenvalue weighted by atomic mass is 19.1. The van der Waals surface area contributed by atoms with Crippen molar-refractivity contribution in [1.29, 1.82) is 0 Å². The van der Waals surface area contributed by atoms with Gasteiger partial charge in [-0.2, -0.15) is 0 Å². The summed E-state index contributed by atoms with van der Waals surface area (Å²) in [6, 6.07) is 4.74. The van der Waals surface area contributed by atoms with E-state index in [1.165, 1.54) is 28.8 Å². The van der Waals surface area contributed by atoms with Gasteiger partial charge in [0.15, 0.2) is 0 Å². The molecule has 0 spiro atoms. The van der Waals surface area contributed by atoms with Gasteiger partial charge in [-0.3, -0.25) is 14.4 Å². The Balaban J connectivity index is 1.82. The molecule has 0 saturated carbocycles. The van der Waals surface area contributed by atoms with E-state index in [9.17, 15) is 23.9 Å². The van der Waals surface area contributed by atoms with Crippen molar-refractivity contribution in [3.05, 3.63) is 52.6 Å². The summed E-state index contributed by atoms with van der Waals surface area (Å²) >= 11 is 0. The van der Waals surface area contributed by atoms with Crippen molar-refractivity contribution < 1.29 is 28.6 Å². The van der Waals surface area contributed by atoms with Crippen molar-refractivity contribution in [2.45, 2.75) is 32.4 Å². The van der Waals surface area contributed by atoms with Gasteiger partial charge < -0.3 is 25.0 Å². The van der Waals surface area contributed by atoms with E-state index in [1.54, 1.807) is 20.9 Å². The van der Waals surface area contributed by atoms with Gasteiger partial charge in [0.1, 0.15) is 5.82 Å². The molecule has 1 aliphatic heterocycles. The number of ketones is 1. The predicted molar refractivity (Wildman–Crippen MR) is 107 cm³/mol. The number of hydrogen-bond acceptors (Lipinski definition) is 5. The summed E-state index contributed by atoms with van der Waals surface area (Å²) in [5, 5.41) is 15.2. The third kappa shape index (κ3) is 4.27. The number of nitrogens with one attached hydrogen (secondary N) is 2. The third-order valence-electron chi connectivity index (χ3n) is 5.32. The van der Waals surface area contributed by atoms with Crippen molar-refractivity contribution in [3.63, 3.8) is 0 Å². The predicted octanol–water partition coefficient (Wildman–Crippen LogP) is 1.48. The number of rotatable bonds is 5. The number of amides is 2. The number of carbonyl (C=O) groups is 3. The summed E-state index contributed by atoms with van der Waals surface area (Å²) in [6.07, 6.45) is -0.486. The number of carbonyl (C=O) groups excluding carboxylic acids is 3. The molecule has 9 heteroatoms. The van der Waals surface area contributed by atoms with E-state index in [1.807, 2.05) is 0 Å². The number of aromatic nitrogens is 1. The van der Waals surface area contributed by atoms with Crippen LogP contribution in [0.5, 0.6) is 0 Å². The van der Waals surface area contributed by atoms with Gasteiger partial charge in [0.05, 0.1) is 30.0 Å². The topological polar surface area (TPSA) is 110 Å². The molecule has 30 heavy (non-hydrogen) atoms. The molecule has 1 fully saturated rings. The quantitative estimate of drug-likeness (QED) is 0.504. The highest BCUT2D eigenvalue weighted by molar-refractivity contribution is 6.43. The second-order valence-corrected chi connectivity index (χ2v) is 7.29. The Hall–Kier alpha value is -3.04. The van der Waals surface area contributed by atoms with Crippen LogP contribution < -0.4 is 10.6 Å². The Morgan fingerprint density at radius 2 is 1.87 bits per heavy atom. The van der Waals surface area contributed by atoms with Crippen molar-refractivity contribution in [2.75, 3.05) is 18.5 Å². The monoisotopic (exact) mass is 417 g/mol. The number of ether oxygens (including phenoxy) is 1. The molecule has 2 atom stereocenters. The van der Waals surface area contributed by atoms with Crippen LogP contribution in [0.15, 0.2) is 24.3 Å². The van der Waals surface area contributed by atoms with E-state index in [2.05, 4.69) is 10.6 Å². The Morgan fingerprint density at radius 3 is 2.50 bits per heavy atom. The van der Waals surface area contributed by atoms with Crippen molar-refractivity contribution in [2.24, 2.45) is 7.05 Å². The highest BCUT2D eigenvalue weighted by Gasteiger charge is 2.32. The lowest BCUT2D eigenvalue weighted by molar-refractivity contribution is -0.120. The van der Waals surface area contributed by atoms with E-state index in [4.69, 9.17) is 4.74 Å². The van der Waals surface area contributed by atoms with Gasteiger partial charge in [-0.05, 0) is 50.1 Å². The molecule has 1 saturated heterocycles. The fraction of sp³-hybridized carbons (Fsp3) is 0.381. The zero-order valence-electron chi connectivity index (χ0n) is 17.0. The molecule has 1 aliphatic rings. The normalized spacial score (nSPS) is 18.7. The minimum absolute atomic E-state index is 0.0924. The smallest absolute Gasteiger partial charge is 0.294 e. The van der Waals surface area contributed by atoms with Gasteiger partial charge in [0, 0.05) is 25.0 Å². The van der Waals surface area contributed by atoms with E-state index in [0.717, 1.165) is 0 Å². The SMILES string of the molecule is Cc1c(C(=O)Nc2ccc(F)cc2)c(C)n(C)c1C(=O)C(=O)N[C@@H]1CCOC[C@H]1O. The summed E-state index contributed by atoms with van der Waals surface area (Å²) < 4.78 is 19.7. The van der Waals surface area contributed by atoms with E-state index in [-0.39, 0.29) is 17.9 Å². The highest BCUT2D eigenvalue weighted by Crippen LogP contribution is 2.23. The van der Waals surface area contributed by atoms with Crippen LogP contribution in [0.4, 0.5) is 10.1 Å². The zero-order chi connectivity index (χ0) is 22.0. The zero-order valence-corrected chi connectivity index (χ0v) is 17.0. The van der Waals surface area contributed by atoms with Gasteiger partial charge in [0.25, 0.3) is 17.6 Å². The van der Waals surface area contributed by atoms with Gasteiger partial charge in [-0.1, -0.05) is 0 Å².